The van der Waals surface area contributed by atoms with Gasteiger partial charge in [0.2, 0.25) is 0 Å². The van der Waals surface area contributed by atoms with Crippen LogP contribution in [0.2, 0.25) is 0 Å². The van der Waals surface area contributed by atoms with Crippen LogP contribution >= 0.6 is 0 Å². The second kappa shape index (κ2) is 6.51. The number of ether oxygens (including phenoxy) is 1. The van der Waals surface area contributed by atoms with Gasteiger partial charge in [0.15, 0.2) is 0 Å². The van der Waals surface area contributed by atoms with E-state index in [1.165, 1.54) is 11.1 Å². The van der Waals surface area contributed by atoms with Gasteiger partial charge in [0.25, 0.3) is 0 Å². The van der Waals surface area contributed by atoms with Crippen LogP contribution in [0, 0.1) is 6.92 Å². The largest absolute Gasteiger partial charge is 0.374 e. The van der Waals surface area contributed by atoms with Gasteiger partial charge in [0.1, 0.15) is 0 Å². The van der Waals surface area contributed by atoms with Crippen LogP contribution in [0.4, 0.5) is 0 Å². The summed E-state index contributed by atoms with van der Waals surface area (Å²) in [6.45, 7) is 9.49. The number of nitrogens with one attached hydrogen (secondary N) is 1. The molecule has 1 heterocycles. The Hall–Kier alpha value is -0.900. The molecule has 2 rings (SSSR count). The lowest BCUT2D eigenvalue weighted by molar-refractivity contribution is -0.0550. The topological polar surface area (TPSA) is 24.5 Å². The Morgan fingerprint density at radius 3 is 2.53 bits per heavy atom. The van der Waals surface area contributed by atoms with Crippen LogP contribution in [0.1, 0.15) is 31.0 Å². The number of hydrogen-bond acceptors (Lipinski definition) is 3. The van der Waals surface area contributed by atoms with Crippen LogP contribution in [0.3, 0.4) is 0 Å². The zero-order chi connectivity index (χ0) is 13.8. The smallest absolute Gasteiger partial charge is 0.0896 e. The Balaban J connectivity index is 2.10. The first kappa shape index (κ1) is 14.5. The number of rotatable bonds is 4. The van der Waals surface area contributed by atoms with Crippen molar-refractivity contribution >= 4 is 0 Å². The quantitative estimate of drug-likeness (QED) is 0.901. The van der Waals surface area contributed by atoms with Gasteiger partial charge in [-0.3, -0.25) is 4.90 Å². The molecule has 0 radical (unpaired) electrons. The third-order valence-electron chi connectivity index (χ3n) is 3.97. The van der Waals surface area contributed by atoms with Crippen molar-refractivity contribution in [3.05, 3.63) is 35.4 Å². The van der Waals surface area contributed by atoms with E-state index in [4.69, 9.17) is 4.74 Å². The van der Waals surface area contributed by atoms with Gasteiger partial charge in [0, 0.05) is 19.1 Å². The summed E-state index contributed by atoms with van der Waals surface area (Å²) < 4.78 is 5.99. The Morgan fingerprint density at radius 1 is 1.26 bits per heavy atom. The lowest BCUT2D eigenvalue weighted by Gasteiger charge is -2.39. The molecule has 106 valence electrons. The van der Waals surface area contributed by atoms with Gasteiger partial charge >= 0.3 is 0 Å². The van der Waals surface area contributed by atoms with Gasteiger partial charge in [-0.05, 0) is 33.4 Å². The van der Waals surface area contributed by atoms with Crippen LogP contribution in [-0.4, -0.2) is 43.8 Å². The third kappa shape index (κ3) is 3.56. The molecule has 2 atom stereocenters. The van der Waals surface area contributed by atoms with Crippen LogP contribution in [0.5, 0.6) is 0 Å². The minimum absolute atomic E-state index is 0.226. The molecular weight excluding hydrogens is 236 g/mol. The Kier molecular flexibility index (Phi) is 4.97. The van der Waals surface area contributed by atoms with E-state index in [0.717, 1.165) is 19.7 Å². The van der Waals surface area contributed by atoms with Crippen molar-refractivity contribution in [1.82, 2.24) is 10.2 Å². The first-order valence-corrected chi connectivity index (χ1v) is 7.21. The summed E-state index contributed by atoms with van der Waals surface area (Å²) in [5, 5.41) is 3.42. The molecule has 0 amide bonds. The maximum Gasteiger partial charge on any atom is 0.0896 e. The average Bonchev–Trinajstić information content (AvgIpc) is 2.42. The van der Waals surface area contributed by atoms with Gasteiger partial charge in [-0.25, -0.2) is 0 Å². The highest BCUT2D eigenvalue weighted by molar-refractivity contribution is 5.25. The van der Waals surface area contributed by atoms with E-state index in [2.05, 4.69) is 55.3 Å². The van der Waals surface area contributed by atoms with E-state index in [1.54, 1.807) is 0 Å². The number of benzene rings is 1. The molecular formula is C16H26N2O. The zero-order valence-corrected chi connectivity index (χ0v) is 12.5. The number of aryl methyl sites for hydroxylation is 1. The van der Waals surface area contributed by atoms with Crippen molar-refractivity contribution in [1.29, 1.82) is 0 Å². The molecule has 0 saturated carbocycles. The second-order valence-corrected chi connectivity index (χ2v) is 5.67. The van der Waals surface area contributed by atoms with E-state index in [9.17, 15) is 0 Å². The summed E-state index contributed by atoms with van der Waals surface area (Å²) in [7, 11) is 2.02. The van der Waals surface area contributed by atoms with Crippen molar-refractivity contribution in [2.45, 2.75) is 39.0 Å². The summed E-state index contributed by atoms with van der Waals surface area (Å²) >= 11 is 0. The molecule has 1 fully saturated rings. The second-order valence-electron chi connectivity index (χ2n) is 5.67. The molecule has 1 aliphatic heterocycles. The first-order valence-electron chi connectivity index (χ1n) is 7.21. The van der Waals surface area contributed by atoms with Gasteiger partial charge in [-0.1, -0.05) is 29.8 Å². The Morgan fingerprint density at radius 2 is 1.95 bits per heavy atom. The van der Waals surface area contributed by atoms with Crippen molar-refractivity contribution in [3.8, 4) is 0 Å². The summed E-state index contributed by atoms with van der Waals surface area (Å²) in [5.74, 6) is 0. The van der Waals surface area contributed by atoms with Gasteiger partial charge < -0.3 is 10.1 Å². The maximum atomic E-state index is 5.99. The van der Waals surface area contributed by atoms with Gasteiger partial charge in [-0.2, -0.15) is 0 Å². The molecule has 0 aromatic heterocycles. The zero-order valence-electron chi connectivity index (χ0n) is 12.5. The van der Waals surface area contributed by atoms with E-state index in [-0.39, 0.29) is 12.1 Å². The van der Waals surface area contributed by atoms with E-state index < -0.39 is 0 Å². The third-order valence-corrected chi connectivity index (χ3v) is 3.97. The maximum absolute atomic E-state index is 5.99. The Labute approximate surface area is 116 Å². The molecule has 2 unspecified atom stereocenters. The SMILES string of the molecule is CNC(c1ccc(C)cc1)C1CN(C(C)C)CCO1. The van der Waals surface area contributed by atoms with Crippen LogP contribution in [-0.2, 0) is 4.74 Å². The minimum Gasteiger partial charge on any atom is -0.374 e. The van der Waals surface area contributed by atoms with E-state index >= 15 is 0 Å². The highest BCUT2D eigenvalue weighted by Gasteiger charge is 2.29. The molecule has 0 aliphatic carbocycles. The predicted octanol–water partition coefficient (Wildman–Crippen LogP) is 2.36. The van der Waals surface area contributed by atoms with E-state index in [1.807, 2.05) is 7.05 Å². The molecule has 3 nitrogen and oxygen atoms in total. The fourth-order valence-corrected chi connectivity index (χ4v) is 2.71. The summed E-state index contributed by atoms with van der Waals surface area (Å²) in [4.78, 5) is 2.49. The molecule has 1 aromatic rings. The number of likely N-dealkylation sites (N-methyl/N-ethyl adjacent to an activating group) is 1. The van der Waals surface area contributed by atoms with Gasteiger partial charge in [-0.15, -0.1) is 0 Å². The lowest BCUT2D eigenvalue weighted by atomic mass is 9.98. The molecule has 3 heteroatoms. The molecule has 19 heavy (non-hydrogen) atoms. The normalized spacial score (nSPS) is 22.7. The van der Waals surface area contributed by atoms with Crippen LogP contribution in [0.15, 0.2) is 24.3 Å². The van der Waals surface area contributed by atoms with E-state index in [0.29, 0.717) is 6.04 Å². The summed E-state index contributed by atoms with van der Waals surface area (Å²) in [6.07, 6.45) is 0.226. The van der Waals surface area contributed by atoms with Gasteiger partial charge in [0.05, 0.1) is 18.8 Å². The fraction of sp³-hybridized carbons (Fsp3) is 0.625. The highest BCUT2D eigenvalue weighted by Crippen LogP contribution is 2.23. The Bertz CT molecular complexity index is 388. The average molecular weight is 262 g/mol. The fourth-order valence-electron chi connectivity index (χ4n) is 2.71. The van der Waals surface area contributed by atoms with Crippen LogP contribution in [0.25, 0.3) is 0 Å². The molecule has 1 aromatic carbocycles. The number of nitrogens with zero attached hydrogens (tertiary/aromatic N) is 1. The molecule has 1 saturated heterocycles. The minimum atomic E-state index is 0.226. The summed E-state index contributed by atoms with van der Waals surface area (Å²) in [6, 6.07) is 9.59. The lowest BCUT2D eigenvalue weighted by Crippen LogP contribution is -2.49. The monoisotopic (exact) mass is 262 g/mol. The number of hydrogen-bond donors (Lipinski definition) is 1. The van der Waals surface area contributed by atoms with Crippen molar-refractivity contribution in [2.24, 2.45) is 0 Å². The molecule has 0 bridgehead atoms. The van der Waals surface area contributed by atoms with Crippen LogP contribution < -0.4 is 5.32 Å². The number of morpholine rings is 1. The molecule has 1 N–H and O–H groups in total. The molecule has 0 spiro atoms. The standard InChI is InChI=1S/C16H26N2O/c1-12(2)18-9-10-19-15(11-18)16(17-4)14-7-5-13(3)6-8-14/h5-8,12,15-17H,9-11H2,1-4H3. The highest BCUT2D eigenvalue weighted by atomic mass is 16.5. The van der Waals surface area contributed by atoms with Crippen molar-refractivity contribution in [3.63, 3.8) is 0 Å². The summed E-state index contributed by atoms with van der Waals surface area (Å²) in [5.41, 5.74) is 2.61. The van der Waals surface area contributed by atoms with Crippen molar-refractivity contribution in [2.75, 3.05) is 26.7 Å². The van der Waals surface area contributed by atoms with Crippen molar-refractivity contribution < 1.29 is 4.74 Å². The molecule has 1 aliphatic rings. The first-order chi connectivity index (χ1) is 9.11. The predicted molar refractivity (Wildman–Crippen MR) is 79.4 cm³/mol.